The molecule has 0 aromatic carbocycles. The smallest absolute Gasteiger partial charge is 0.427 e. The Bertz CT molecular complexity index is 3460. The van der Waals surface area contributed by atoms with Gasteiger partial charge < -0.3 is 28.6 Å². The molecule has 0 spiro atoms. The zero-order valence-electron chi connectivity index (χ0n) is 73.6. The first-order valence-corrected chi connectivity index (χ1v) is 39.3. The molecule has 115 heavy (non-hydrogen) atoms. The Morgan fingerprint density at radius 1 is 0.496 bits per heavy atom. The first-order chi connectivity index (χ1) is 50.6. The molecule has 1 N–H and O–H groups in total. The summed E-state index contributed by atoms with van der Waals surface area (Å²) in [5.74, 6) is -7.89. The first kappa shape index (κ1) is 119. The summed E-state index contributed by atoms with van der Waals surface area (Å²) in [5, 5.41) is 0.235. The van der Waals surface area contributed by atoms with E-state index in [-0.39, 0.29) is 95.6 Å². The van der Waals surface area contributed by atoms with Gasteiger partial charge in [-0.3, -0.25) is 81.5 Å². The zero-order valence-corrected chi connectivity index (χ0v) is 79.5. The minimum Gasteiger partial charge on any atom is -0.427 e. The molecule has 5 aliphatic rings. The number of hydrogen-bond donors (Lipinski definition) is 1. The number of rotatable bonds is 9. The van der Waals surface area contributed by atoms with E-state index >= 15 is 0 Å². The molecule has 4 saturated heterocycles. The number of nitrogens with zero attached hydrogens (tertiary/aromatic N) is 5. The second-order valence-corrected chi connectivity index (χ2v) is 39.0. The van der Waals surface area contributed by atoms with E-state index < -0.39 is 146 Å². The molecule has 0 saturated carbocycles. The van der Waals surface area contributed by atoms with Crippen molar-refractivity contribution in [2.75, 3.05) is 18.0 Å². The number of amides is 10. The van der Waals surface area contributed by atoms with Crippen LogP contribution in [0, 0.1) is 48.7 Å². The standard InChI is InChI=1S/C12H17NO7.C11H15NO7.C9H13NO7S.C9H13NO4.C8H11NO2.C7H14.C6H12.C5H11Br.C5H9ClO.C5H11Cl.Na/c1-7(18-10(16)12(2,3)4)19-11(17)20-13-8(14)5-6-9(13)15;1-11(2,3)9(15)17-6-18-10(16)19-12-7(13)4-5-8(12)14;1-9(2,3)8(13)17-10-6(11)4-5(7(10)12)18(14,15)16;1-9(2,3)8(13)14-10-6(11)4-5-7(10)12;1-8(2,3)9-6(10)4-5-7(9)11;1-6(2)7(3,4)5;1-5-6(2,3)4;1-5(2,3)4-6;1-5(2,3)4(6)7;1-5(2,3)4-6;/h7H,5-6H2,1-4H3;4-6H2,1-3H3;5H,4H2,1-3H3,(H,14,15,16);4-5H2,1-3H3;4-5H,1-3H3;1H2,2-5H3;5H,1H2,2-4H3;4H2,1-3H3;1-3H3;4H2,1-3H3;/q;;;;;;;;;;+1. The van der Waals surface area contributed by atoms with E-state index in [0.29, 0.717) is 36.8 Å². The molecule has 0 radical (unpaired) electrons. The fourth-order valence-corrected chi connectivity index (χ4v) is 6.12. The van der Waals surface area contributed by atoms with Gasteiger partial charge >= 0.3 is 65.7 Å². The van der Waals surface area contributed by atoms with Gasteiger partial charge in [-0.15, -0.1) is 28.3 Å². The average Bonchev–Trinajstić information content (AvgIpc) is 1.65. The maximum Gasteiger partial charge on any atom is 1.00 e. The number of imide groups is 5. The van der Waals surface area contributed by atoms with Crippen LogP contribution in [-0.4, -0.2) is 174 Å². The van der Waals surface area contributed by atoms with Gasteiger partial charge in [-0.1, -0.05) is 148 Å². The van der Waals surface area contributed by atoms with Crippen molar-refractivity contribution in [2.45, 2.75) is 284 Å². The quantitative estimate of drug-likeness (QED) is 0.0327. The Hall–Kier alpha value is -7.02. The monoisotopic (exact) mass is 1770 g/mol. The van der Waals surface area contributed by atoms with E-state index in [1.807, 2.05) is 26.8 Å². The van der Waals surface area contributed by atoms with E-state index in [1.165, 1.54) is 50.3 Å². The second kappa shape index (κ2) is 50.0. The number of carbonyl (C=O) groups excluding carboxylic acids is 17. The van der Waals surface area contributed by atoms with Gasteiger partial charge in [0.2, 0.25) is 18.3 Å². The first-order valence-electron chi connectivity index (χ1n) is 35.7. The van der Waals surface area contributed by atoms with Crippen molar-refractivity contribution >= 4 is 150 Å². The largest absolute Gasteiger partial charge is 1.00 e. The van der Waals surface area contributed by atoms with Gasteiger partial charge in [-0.25, -0.2) is 19.2 Å². The zero-order chi connectivity index (χ0) is 91.8. The van der Waals surface area contributed by atoms with Gasteiger partial charge in [0, 0.05) is 79.8 Å². The van der Waals surface area contributed by atoms with Crippen LogP contribution in [0.2, 0.25) is 0 Å². The van der Waals surface area contributed by atoms with Crippen LogP contribution >= 0.6 is 39.1 Å². The third-order valence-corrected chi connectivity index (χ3v) is 17.4. The van der Waals surface area contributed by atoms with E-state index in [1.54, 1.807) is 83.1 Å². The number of carbonyl (C=O) groups is 17. The number of hydroxylamine groups is 8. The van der Waals surface area contributed by atoms with E-state index in [0.717, 1.165) is 11.2 Å². The number of alkyl halides is 2. The molecule has 5 rings (SSSR count). The van der Waals surface area contributed by atoms with Crippen LogP contribution in [0.4, 0.5) is 9.59 Å². The van der Waals surface area contributed by atoms with Gasteiger partial charge in [-0.2, -0.15) is 8.42 Å². The third kappa shape index (κ3) is 53.8. The Morgan fingerprint density at radius 2 is 0.774 bits per heavy atom. The molecule has 4 fully saturated rings. The van der Waals surface area contributed by atoms with Crippen molar-refractivity contribution in [2.24, 2.45) is 48.7 Å². The van der Waals surface area contributed by atoms with Gasteiger partial charge in [0.1, 0.15) is 0 Å². The van der Waals surface area contributed by atoms with E-state index in [9.17, 15) is 89.9 Å². The molecular weight excluding hydrogens is 1650 g/mol. The third-order valence-electron chi connectivity index (χ3n) is 13.2. The molecule has 654 valence electrons. The molecule has 0 aromatic rings. The summed E-state index contributed by atoms with van der Waals surface area (Å²) >= 11 is 14.0. The summed E-state index contributed by atoms with van der Waals surface area (Å²) in [6.45, 7) is 66.1. The van der Waals surface area contributed by atoms with Crippen molar-refractivity contribution in [1.82, 2.24) is 25.2 Å². The van der Waals surface area contributed by atoms with Crippen LogP contribution in [0.25, 0.3) is 0 Å². The molecule has 2 unspecified atom stereocenters. The fourth-order valence-electron chi connectivity index (χ4n) is 5.42. The van der Waals surface area contributed by atoms with Crippen LogP contribution in [-0.2, 0) is 120 Å². The number of ether oxygens (including phenoxy) is 4. The van der Waals surface area contributed by atoms with Gasteiger partial charge in [0.15, 0.2) is 5.25 Å². The van der Waals surface area contributed by atoms with Crippen LogP contribution < -0.4 is 29.6 Å². The molecule has 5 heterocycles. The summed E-state index contributed by atoms with van der Waals surface area (Å²) in [6.07, 6.45) is 0.225. The van der Waals surface area contributed by atoms with Gasteiger partial charge in [0.25, 0.3) is 69.2 Å². The number of hydrogen-bond acceptors (Lipinski definition) is 27. The number of esters is 2. The Morgan fingerprint density at radius 3 is 0.991 bits per heavy atom. The Balaban J connectivity index is -0.000000296. The molecule has 5 aliphatic heterocycles. The molecule has 2 atom stereocenters. The SMILES string of the molecule is C=C(C)C(C)(C)C.C=CC(C)(C)C.CC(C)(C)C(=O)Cl.CC(C)(C)C(=O)OCOC(=O)ON1C(=O)CCC1=O.CC(C)(C)C(=O)ON1C(=O)CC(S(=O)(=O)O)C1=O.CC(C)(C)C(=O)ON1C(=O)CCC1=O.CC(C)(C)CBr.CC(C)(C)CCl.CC(C)(C)N1C(=O)C=CC1=O.CC(OC(=O)ON1C(=O)CCC1=O)OC(=O)C(C)(C)C.[Na+]. The predicted molar refractivity (Wildman–Crippen MR) is 425 cm³/mol. The van der Waals surface area contributed by atoms with Gasteiger partial charge in [-0.05, 0) is 144 Å². The number of allylic oxidation sites excluding steroid dienone is 2. The molecule has 0 aromatic heterocycles. The van der Waals surface area contributed by atoms with E-state index in [2.05, 4.69) is 148 Å². The Labute approximate surface area is 719 Å². The summed E-state index contributed by atoms with van der Waals surface area (Å²) in [7, 11) is -4.69. The molecular formula is C77H126BrCl2N5NaO28S+. The van der Waals surface area contributed by atoms with Crippen molar-refractivity contribution in [3.05, 3.63) is 37.0 Å². The van der Waals surface area contributed by atoms with Crippen LogP contribution in [0.15, 0.2) is 37.0 Å². The maximum atomic E-state index is 11.5. The summed E-state index contributed by atoms with van der Waals surface area (Å²) in [6, 6.07) is 0. The fraction of sp³-hybridized carbons (Fsp3) is 0.701. The predicted octanol–water partition coefficient (Wildman–Crippen LogP) is 11.1. The van der Waals surface area contributed by atoms with Crippen molar-refractivity contribution in [3.8, 4) is 0 Å². The second-order valence-electron chi connectivity index (χ2n) is 36.2. The maximum absolute atomic E-state index is 11.5. The van der Waals surface area contributed by atoms with Crippen LogP contribution in [0.5, 0.6) is 0 Å². The van der Waals surface area contributed by atoms with Crippen molar-refractivity contribution in [3.63, 3.8) is 0 Å². The summed E-state index contributed by atoms with van der Waals surface area (Å²) < 4.78 is 49.0. The van der Waals surface area contributed by atoms with Crippen molar-refractivity contribution < 1.29 is 162 Å². The Kier molecular flexibility index (Phi) is 51.7. The van der Waals surface area contributed by atoms with Gasteiger partial charge in [0.05, 0.1) is 28.1 Å². The topological polar surface area (TPSA) is 435 Å². The molecule has 0 bridgehead atoms. The normalized spacial score (nSPS) is 15.9. The number of halogens is 3. The molecule has 33 nitrogen and oxygen atoms in total. The summed E-state index contributed by atoms with van der Waals surface area (Å²) in [5.41, 5.74) is -1.32. The summed E-state index contributed by atoms with van der Waals surface area (Å²) in [4.78, 5) is 209. The minimum absolute atomic E-state index is 0. The average molecular weight is 1780 g/mol. The van der Waals surface area contributed by atoms with Crippen molar-refractivity contribution in [1.29, 1.82) is 0 Å². The van der Waals surface area contributed by atoms with Crippen LogP contribution in [0.3, 0.4) is 0 Å². The molecule has 0 aliphatic carbocycles. The molecule has 10 amide bonds. The van der Waals surface area contributed by atoms with Crippen LogP contribution in [0.1, 0.15) is 267 Å². The van der Waals surface area contributed by atoms with E-state index in [4.69, 9.17) is 37.3 Å². The minimum atomic E-state index is -4.69. The molecule has 38 heteroatoms.